The van der Waals surface area contributed by atoms with Crippen LogP contribution in [0.1, 0.15) is 47.6 Å². The number of ether oxygens (including phenoxy) is 3. The number of carbonyl (C=O) groups is 1. The van der Waals surface area contributed by atoms with E-state index in [9.17, 15) is 4.79 Å². The highest BCUT2D eigenvalue weighted by Crippen LogP contribution is 2.34. The standard InChI is InChI=1S/C23H27NO4/c1-26-19-11-9-17(10-12-19)22-8-3-13-24(22)23(25)18-5-2-6-20(15-18)28-16-21-7-4-14-27-21/h2,5-6,9-12,15,21-22H,3-4,7-8,13-14,16H2,1H3. The fraction of sp³-hybridized carbons (Fsp3) is 0.435. The van der Waals surface area contributed by atoms with Crippen molar-refractivity contribution in [2.24, 2.45) is 0 Å². The Morgan fingerprint density at radius 2 is 1.96 bits per heavy atom. The molecule has 2 unspecified atom stereocenters. The van der Waals surface area contributed by atoms with Gasteiger partial charge in [-0.15, -0.1) is 0 Å². The minimum absolute atomic E-state index is 0.0564. The second kappa shape index (κ2) is 8.65. The number of rotatable bonds is 6. The highest BCUT2D eigenvalue weighted by Gasteiger charge is 2.30. The molecule has 0 aliphatic carbocycles. The lowest BCUT2D eigenvalue weighted by molar-refractivity contribution is 0.0676. The zero-order chi connectivity index (χ0) is 19.3. The number of hydrogen-bond donors (Lipinski definition) is 0. The zero-order valence-corrected chi connectivity index (χ0v) is 16.3. The van der Waals surface area contributed by atoms with Crippen molar-refractivity contribution < 1.29 is 19.0 Å². The minimum Gasteiger partial charge on any atom is -0.497 e. The van der Waals surface area contributed by atoms with Gasteiger partial charge in [-0.05, 0) is 61.6 Å². The number of amides is 1. The molecule has 2 aliphatic heterocycles. The van der Waals surface area contributed by atoms with E-state index >= 15 is 0 Å². The third-order valence-electron chi connectivity index (χ3n) is 5.56. The second-order valence-electron chi connectivity index (χ2n) is 7.40. The van der Waals surface area contributed by atoms with E-state index in [1.807, 2.05) is 41.3 Å². The minimum atomic E-state index is 0.0564. The first-order valence-corrected chi connectivity index (χ1v) is 10.0. The van der Waals surface area contributed by atoms with Gasteiger partial charge in [-0.1, -0.05) is 18.2 Å². The molecule has 5 heteroatoms. The number of likely N-dealkylation sites (tertiary alicyclic amines) is 1. The van der Waals surface area contributed by atoms with Gasteiger partial charge in [-0.3, -0.25) is 4.79 Å². The van der Waals surface area contributed by atoms with Gasteiger partial charge in [0.15, 0.2) is 0 Å². The quantitative estimate of drug-likeness (QED) is 0.751. The number of nitrogens with zero attached hydrogens (tertiary/aromatic N) is 1. The van der Waals surface area contributed by atoms with Crippen LogP contribution in [-0.4, -0.2) is 43.8 Å². The summed E-state index contributed by atoms with van der Waals surface area (Å²) in [5.41, 5.74) is 1.82. The molecule has 2 aliphatic rings. The van der Waals surface area contributed by atoms with Crippen LogP contribution in [0.15, 0.2) is 48.5 Å². The third-order valence-corrected chi connectivity index (χ3v) is 5.56. The van der Waals surface area contributed by atoms with Crippen LogP contribution in [-0.2, 0) is 4.74 Å². The molecule has 0 bridgehead atoms. The van der Waals surface area contributed by atoms with Crippen molar-refractivity contribution in [2.45, 2.75) is 37.8 Å². The topological polar surface area (TPSA) is 48.0 Å². The van der Waals surface area contributed by atoms with Crippen LogP contribution in [0, 0.1) is 0 Å². The average Bonchev–Trinajstić information content (AvgIpc) is 3.44. The summed E-state index contributed by atoms with van der Waals surface area (Å²) in [6.45, 7) is 2.13. The molecule has 5 nitrogen and oxygen atoms in total. The first kappa shape index (κ1) is 18.8. The summed E-state index contributed by atoms with van der Waals surface area (Å²) in [6, 6.07) is 15.6. The molecule has 28 heavy (non-hydrogen) atoms. The van der Waals surface area contributed by atoms with Gasteiger partial charge in [-0.25, -0.2) is 0 Å². The van der Waals surface area contributed by atoms with Gasteiger partial charge in [0.2, 0.25) is 0 Å². The Labute approximate surface area is 166 Å². The number of methoxy groups -OCH3 is 1. The molecule has 2 saturated heterocycles. The van der Waals surface area contributed by atoms with Crippen molar-refractivity contribution in [1.82, 2.24) is 4.90 Å². The maximum atomic E-state index is 13.2. The van der Waals surface area contributed by atoms with Crippen LogP contribution in [0.25, 0.3) is 0 Å². The molecule has 0 radical (unpaired) electrons. The van der Waals surface area contributed by atoms with E-state index in [1.165, 1.54) is 0 Å². The Morgan fingerprint density at radius 1 is 1.11 bits per heavy atom. The zero-order valence-electron chi connectivity index (χ0n) is 16.3. The highest BCUT2D eigenvalue weighted by atomic mass is 16.5. The summed E-state index contributed by atoms with van der Waals surface area (Å²) in [6.07, 6.45) is 4.28. The first-order chi connectivity index (χ1) is 13.7. The lowest BCUT2D eigenvalue weighted by Crippen LogP contribution is -2.30. The predicted molar refractivity (Wildman–Crippen MR) is 107 cm³/mol. The van der Waals surface area contributed by atoms with Gasteiger partial charge in [-0.2, -0.15) is 0 Å². The van der Waals surface area contributed by atoms with Crippen molar-refractivity contribution in [3.8, 4) is 11.5 Å². The van der Waals surface area contributed by atoms with Crippen molar-refractivity contribution in [1.29, 1.82) is 0 Å². The summed E-state index contributed by atoms with van der Waals surface area (Å²) < 4.78 is 16.7. The lowest BCUT2D eigenvalue weighted by Gasteiger charge is -2.25. The Bertz CT molecular complexity index is 799. The van der Waals surface area contributed by atoms with Crippen LogP contribution in [0.3, 0.4) is 0 Å². The molecule has 0 spiro atoms. The third kappa shape index (κ3) is 4.14. The van der Waals surface area contributed by atoms with Crippen molar-refractivity contribution in [2.75, 3.05) is 26.9 Å². The van der Waals surface area contributed by atoms with Crippen LogP contribution in [0.5, 0.6) is 11.5 Å². The first-order valence-electron chi connectivity index (χ1n) is 10.0. The van der Waals surface area contributed by atoms with Gasteiger partial charge in [0, 0.05) is 18.7 Å². The Kier molecular flexibility index (Phi) is 5.81. The van der Waals surface area contributed by atoms with Crippen LogP contribution in [0.4, 0.5) is 0 Å². The van der Waals surface area contributed by atoms with Crippen LogP contribution < -0.4 is 9.47 Å². The maximum Gasteiger partial charge on any atom is 0.254 e. The summed E-state index contributed by atoms with van der Waals surface area (Å²) in [7, 11) is 1.66. The van der Waals surface area contributed by atoms with Crippen molar-refractivity contribution in [3.05, 3.63) is 59.7 Å². The Morgan fingerprint density at radius 3 is 2.71 bits per heavy atom. The van der Waals surface area contributed by atoms with Gasteiger partial charge < -0.3 is 19.1 Å². The predicted octanol–water partition coefficient (Wildman–Crippen LogP) is 4.23. The molecule has 2 atom stereocenters. The van der Waals surface area contributed by atoms with Gasteiger partial charge in [0.05, 0.1) is 19.3 Å². The molecular formula is C23H27NO4. The average molecular weight is 381 g/mol. The monoisotopic (exact) mass is 381 g/mol. The molecule has 0 aromatic heterocycles. The highest BCUT2D eigenvalue weighted by molar-refractivity contribution is 5.95. The van der Waals surface area contributed by atoms with E-state index in [4.69, 9.17) is 14.2 Å². The number of hydrogen-bond acceptors (Lipinski definition) is 4. The van der Waals surface area contributed by atoms with Gasteiger partial charge >= 0.3 is 0 Å². The second-order valence-corrected chi connectivity index (χ2v) is 7.40. The Balaban J connectivity index is 1.45. The molecule has 2 aromatic carbocycles. The molecule has 1 amide bonds. The molecule has 2 fully saturated rings. The summed E-state index contributed by atoms with van der Waals surface area (Å²) in [4.78, 5) is 15.2. The van der Waals surface area contributed by atoms with Gasteiger partial charge in [0.25, 0.3) is 5.91 Å². The van der Waals surface area contributed by atoms with Crippen LogP contribution >= 0.6 is 0 Å². The van der Waals surface area contributed by atoms with E-state index < -0.39 is 0 Å². The maximum absolute atomic E-state index is 13.2. The van der Waals surface area contributed by atoms with E-state index in [0.717, 1.165) is 55.9 Å². The molecule has 2 heterocycles. The fourth-order valence-electron chi connectivity index (χ4n) is 4.03. The summed E-state index contributed by atoms with van der Waals surface area (Å²) in [5.74, 6) is 1.61. The fourth-order valence-corrected chi connectivity index (χ4v) is 4.03. The van der Waals surface area contributed by atoms with E-state index in [2.05, 4.69) is 12.1 Å². The smallest absolute Gasteiger partial charge is 0.254 e. The summed E-state index contributed by atoms with van der Waals surface area (Å²) in [5, 5.41) is 0. The lowest BCUT2D eigenvalue weighted by atomic mass is 10.0. The van der Waals surface area contributed by atoms with E-state index in [0.29, 0.717) is 12.2 Å². The van der Waals surface area contributed by atoms with Crippen molar-refractivity contribution in [3.63, 3.8) is 0 Å². The molecule has 0 N–H and O–H groups in total. The molecular weight excluding hydrogens is 354 g/mol. The van der Waals surface area contributed by atoms with Crippen LogP contribution in [0.2, 0.25) is 0 Å². The van der Waals surface area contributed by atoms with Gasteiger partial charge in [0.1, 0.15) is 18.1 Å². The number of carbonyl (C=O) groups excluding carboxylic acids is 1. The SMILES string of the molecule is COc1ccc(C2CCCN2C(=O)c2cccc(OCC3CCCO3)c2)cc1. The molecule has 148 valence electrons. The molecule has 0 saturated carbocycles. The van der Waals surface area contributed by atoms with Crippen molar-refractivity contribution >= 4 is 5.91 Å². The van der Waals surface area contributed by atoms with E-state index in [-0.39, 0.29) is 18.1 Å². The Hall–Kier alpha value is -2.53. The number of benzene rings is 2. The largest absolute Gasteiger partial charge is 0.497 e. The normalized spacial score (nSPS) is 21.7. The molecule has 2 aromatic rings. The molecule has 4 rings (SSSR count). The van der Waals surface area contributed by atoms with E-state index in [1.54, 1.807) is 7.11 Å². The summed E-state index contributed by atoms with van der Waals surface area (Å²) >= 11 is 0.